The summed E-state index contributed by atoms with van der Waals surface area (Å²) in [5.41, 5.74) is 1.01. The van der Waals surface area contributed by atoms with Gasteiger partial charge in [-0.15, -0.1) is 0 Å². The molecule has 1 aromatic rings. The average Bonchev–Trinajstić information content (AvgIpc) is 2.95. The minimum Gasteiger partial charge on any atom is -0.345 e. The number of nitrogens with zero attached hydrogens (tertiary/aromatic N) is 3. The number of aromatic nitrogens is 2. The second-order valence-electron chi connectivity index (χ2n) is 5.53. The van der Waals surface area contributed by atoms with Crippen LogP contribution in [0.25, 0.3) is 0 Å². The highest BCUT2D eigenvalue weighted by atomic mass is 16.2. The molecule has 0 bridgehead atoms. The lowest BCUT2D eigenvalue weighted by atomic mass is 10.1. The van der Waals surface area contributed by atoms with E-state index in [1.165, 1.54) is 0 Å². The maximum absolute atomic E-state index is 12.0. The first-order valence-corrected chi connectivity index (χ1v) is 6.72. The monoisotopic (exact) mass is 265 g/mol. The van der Waals surface area contributed by atoms with Crippen LogP contribution in [0.3, 0.4) is 0 Å². The zero-order chi connectivity index (χ0) is 13.8. The molecule has 6 heteroatoms. The summed E-state index contributed by atoms with van der Waals surface area (Å²) in [5.74, 6) is 1.39. The highest BCUT2D eigenvalue weighted by Gasteiger charge is 2.26. The van der Waals surface area contributed by atoms with Crippen LogP contribution in [0.4, 0.5) is 4.79 Å². The Morgan fingerprint density at radius 2 is 2.42 bits per heavy atom. The molecule has 1 fully saturated rings. The number of hydrogen-bond acceptors (Lipinski definition) is 3. The van der Waals surface area contributed by atoms with Crippen LogP contribution < -0.4 is 5.32 Å². The average molecular weight is 265 g/mol. The molecule has 2 heterocycles. The second-order valence-corrected chi connectivity index (χ2v) is 5.53. The number of hydrogen-bond donors (Lipinski definition) is 2. The number of amides is 2. The Balaban J connectivity index is 1.75. The number of urea groups is 1. The van der Waals surface area contributed by atoms with E-state index in [-0.39, 0.29) is 6.03 Å². The Kier molecular flexibility index (Phi) is 4.42. The fourth-order valence-corrected chi connectivity index (χ4v) is 2.51. The van der Waals surface area contributed by atoms with E-state index in [0.717, 1.165) is 37.6 Å². The SMILES string of the molecule is Cc1cnc(CNC(=O)N2CC[C@H](CN(C)C)C2)[nH]1. The van der Waals surface area contributed by atoms with Crippen molar-refractivity contribution in [1.82, 2.24) is 25.1 Å². The van der Waals surface area contributed by atoms with E-state index in [1.54, 1.807) is 6.20 Å². The first kappa shape index (κ1) is 13.9. The Hall–Kier alpha value is -1.56. The van der Waals surface area contributed by atoms with Gasteiger partial charge in [-0.1, -0.05) is 0 Å². The Bertz CT molecular complexity index is 428. The maximum atomic E-state index is 12.0. The molecule has 2 N–H and O–H groups in total. The van der Waals surface area contributed by atoms with E-state index in [9.17, 15) is 4.79 Å². The number of H-pyrrole nitrogens is 1. The fraction of sp³-hybridized carbons (Fsp3) is 0.692. The van der Waals surface area contributed by atoms with Crippen LogP contribution in [0.1, 0.15) is 17.9 Å². The van der Waals surface area contributed by atoms with Crippen molar-refractivity contribution in [2.75, 3.05) is 33.7 Å². The van der Waals surface area contributed by atoms with E-state index >= 15 is 0 Å². The predicted octanol–water partition coefficient (Wildman–Crippen LogP) is 0.811. The van der Waals surface area contributed by atoms with Crippen molar-refractivity contribution in [1.29, 1.82) is 0 Å². The molecule has 2 amide bonds. The smallest absolute Gasteiger partial charge is 0.317 e. The van der Waals surface area contributed by atoms with Gasteiger partial charge in [-0.25, -0.2) is 9.78 Å². The lowest BCUT2D eigenvalue weighted by Crippen LogP contribution is -2.38. The summed E-state index contributed by atoms with van der Waals surface area (Å²) in [4.78, 5) is 23.4. The molecular weight excluding hydrogens is 242 g/mol. The number of carbonyl (C=O) groups is 1. The molecular formula is C13H23N5O. The first-order chi connectivity index (χ1) is 9.04. The van der Waals surface area contributed by atoms with E-state index in [4.69, 9.17) is 0 Å². The lowest BCUT2D eigenvalue weighted by molar-refractivity contribution is 0.204. The lowest BCUT2D eigenvalue weighted by Gasteiger charge is -2.18. The Labute approximate surface area is 114 Å². The molecule has 1 atom stereocenters. The molecule has 0 saturated carbocycles. The molecule has 0 aromatic carbocycles. The summed E-state index contributed by atoms with van der Waals surface area (Å²) in [5, 5.41) is 2.91. The van der Waals surface area contributed by atoms with E-state index < -0.39 is 0 Å². The number of nitrogens with one attached hydrogen (secondary N) is 2. The van der Waals surface area contributed by atoms with Gasteiger partial charge in [-0.05, 0) is 33.4 Å². The van der Waals surface area contributed by atoms with Crippen molar-refractivity contribution in [3.05, 3.63) is 17.7 Å². The van der Waals surface area contributed by atoms with Crippen LogP contribution in [0.2, 0.25) is 0 Å². The number of rotatable bonds is 4. The molecule has 106 valence electrons. The van der Waals surface area contributed by atoms with Crippen molar-refractivity contribution in [3.8, 4) is 0 Å². The van der Waals surface area contributed by atoms with Gasteiger partial charge in [0.2, 0.25) is 0 Å². The summed E-state index contributed by atoms with van der Waals surface area (Å²) in [7, 11) is 4.14. The maximum Gasteiger partial charge on any atom is 0.317 e. The molecule has 0 radical (unpaired) electrons. The fourth-order valence-electron chi connectivity index (χ4n) is 2.51. The first-order valence-electron chi connectivity index (χ1n) is 6.72. The minimum atomic E-state index is 0.00955. The van der Waals surface area contributed by atoms with Gasteiger partial charge in [0.15, 0.2) is 0 Å². The van der Waals surface area contributed by atoms with Crippen LogP contribution in [-0.2, 0) is 6.54 Å². The van der Waals surface area contributed by atoms with Crippen molar-refractivity contribution >= 4 is 6.03 Å². The summed E-state index contributed by atoms with van der Waals surface area (Å²) >= 11 is 0. The van der Waals surface area contributed by atoms with Gasteiger partial charge in [0.05, 0.1) is 6.54 Å². The second kappa shape index (κ2) is 6.06. The number of carbonyl (C=O) groups excluding carboxylic acids is 1. The van der Waals surface area contributed by atoms with Crippen LogP contribution in [0, 0.1) is 12.8 Å². The highest BCUT2D eigenvalue weighted by Crippen LogP contribution is 2.16. The Morgan fingerprint density at radius 3 is 3.05 bits per heavy atom. The molecule has 2 rings (SSSR count). The zero-order valence-corrected chi connectivity index (χ0v) is 11.9. The molecule has 6 nitrogen and oxygen atoms in total. The van der Waals surface area contributed by atoms with Crippen molar-refractivity contribution in [3.63, 3.8) is 0 Å². The third-order valence-corrected chi connectivity index (χ3v) is 3.36. The molecule has 0 aliphatic carbocycles. The topological polar surface area (TPSA) is 64.3 Å². The van der Waals surface area contributed by atoms with E-state index in [2.05, 4.69) is 34.3 Å². The molecule has 1 aliphatic rings. The van der Waals surface area contributed by atoms with Crippen molar-refractivity contribution in [2.24, 2.45) is 5.92 Å². The standard InChI is InChI=1S/C13H23N5O/c1-10-6-14-12(16-10)7-15-13(19)18-5-4-11(9-18)8-17(2)3/h6,11H,4-5,7-9H2,1-3H3,(H,14,16)(H,15,19)/t11-/m1/s1. The number of aryl methyl sites for hydroxylation is 1. The molecule has 1 aliphatic heterocycles. The van der Waals surface area contributed by atoms with E-state index in [1.807, 2.05) is 11.8 Å². The van der Waals surface area contributed by atoms with Gasteiger partial charge in [0.25, 0.3) is 0 Å². The van der Waals surface area contributed by atoms with Gasteiger partial charge >= 0.3 is 6.03 Å². The third kappa shape index (κ3) is 3.96. The highest BCUT2D eigenvalue weighted by molar-refractivity contribution is 5.74. The van der Waals surface area contributed by atoms with Crippen molar-refractivity contribution in [2.45, 2.75) is 19.9 Å². The number of imidazole rings is 1. The normalized spacial score (nSPS) is 19.2. The summed E-state index contributed by atoms with van der Waals surface area (Å²) in [6, 6.07) is 0.00955. The Morgan fingerprint density at radius 1 is 1.63 bits per heavy atom. The molecule has 0 spiro atoms. The molecule has 0 unspecified atom stereocenters. The van der Waals surface area contributed by atoms with Gasteiger partial charge in [0.1, 0.15) is 5.82 Å². The third-order valence-electron chi connectivity index (χ3n) is 3.36. The molecule has 1 saturated heterocycles. The zero-order valence-electron chi connectivity index (χ0n) is 11.9. The van der Waals surface area contributed by atoms with Gasteiger partial charge < -0.3 is 20.1 Å². The van der Waals surface area contributed by atoms with Crippen LogP contribution in [0.5, 0.6) is 0 Å². The van der Waals surface area contributed by atoms with Gasteiger partial charge in [0, 0.05) is 31.5 Å². The van der Waals surface area contributed by atoms with Gasteiger partial charge in [-0.3, -0.25) is 0 Å². The summed E-state index contributed by atoms with van der Waals surface area (Å²) < 4.78 is 0. The molecule has 19 heavy (non-hydrogen) atoms. The van der Waals surface area contributed by atoms with Gasteiger partial charge in [-0.2, -0.15) is 0 Å². The number of likely N-dealkylation sites (tertiary alicyclic amines) is 1. The van der Waals surface area contributed by atoms with E-state index in [0.29, 0.717) is 12.5 Å². The predicted molar refractivity (Wildman–Crippen MR) is 73.8 cm³/mol. The minimum absolute atomic E-state index is 0.00955. The quantitative estimate of drug-likeness (QED) is 0.847. The molecule has 1 aromatic heterocycles. The van der Waals surface area contributed by atoms with Crippen LogP contribution >= 0.6 is 0 Å². The number of aromatic amines is 1. The largest absolute Gasteiger partial charge is 0.345 e. The van der Waals surface area contributed by atoms with Crippen molar-refractivity contribution < 1.29 is 4.79 Å². The van der Waals surface area contributed by atoms with Crippen LogP contribution in [-0.4, -0.2) is 59.5 Å². The summed E-state index contributed by atoms with van der Waals surface area (Å²) in [6.45, 7) is 5.15. The van der Waals surface area contributed by atoms with Crippen LogP contribution in [0.15, 0.2) is 6.20 Å². The summed E-state index contributed by atoms with van der Waals surface area (Å²) in [6.07, 6.45) is 2.86.